The molecule has 0 radical (unpaired) electrons. The van der Waals surface area contributed by atoms with E-state index in [1.807, 2.05) is 0 Å². The van der Waals surface area contributed by atoms with Gasteiger partial charge >= 0.3 is 6.03 Å². The minimum atomic E-state index is -1.00. The van der Waals surface area contributed by atoms with Crippen LogP contribution in [0.4, 0.5) is 16.2 Å². The van der Waals surface area contributed by atoms with E-state index < -0.39 is 28.3 Å². The van der Waals surface area contributed by atoms with Gasteiger partial charge in [0.25, 0.3) is 17.5 Å². The zero-order valence-corrected chi connectivity index (χ0v) is 21.9. The molecule has 1 fully saturated rings. The summed E-state index contributed by atoms with van der Waals surface area (Å²) in [7, 11) is 2.69. The second-order valence-electron chi connectivity index (χ2n) is 8.01. The number of ether oxygens (including phenoxy) is 3. The molecule has 200 valence electrons. The maximum absolute atomic E-state index is 13.5. The number of hydrogen-bond acceptors (Lipinski definition) is 8. The highest BCUT2D eigenvalue weighted by molar-refractivity contribution is 6.40. The molecule has 11 nitrogen and oxygen atoms in total. The number of amides is 4. The van der Waals surface area contributed by atoms with Gasteiger partial charge in [-0.15, -0.1) is 0 Å². The Morgan fingerprint density at radius 3 is 2.41 bits per heavy atom. The fraction of sp³-hybridized carbons (Fsp3) is 0.115. The lowest BCUT2D eigenvalue weighted by atomic mass is 10.1. The van der Waals surface area contributed by atoms with E-state index in [9.17, 15) is 24.5 Å². The molecule has 0 saturated carbocycles. The first-order valence-electron chi connectivity index (χ1n) is 11.1. The Morgan fingerprint density at radius 2 is 1.72 bits per heavy atom. The van der Waals surface area contributed by atoms with Crippen LogP contribution < -0.4 is 24.4 Å². The van der Waals surface area contributed by atoms with Crippen molar-refractivity contribution in [3.8, 4) is 17.2 Å². The zero-order valence-electron chi connectivity index (χ0n) is 20.4. The van der Waals surface area contributed by atoms with E-state index in [2.05, 4.69) is 5.32 Å². The minimum absolute atomic E-state index is 0.00658. The molecule has 1 N–H and O–H groups in total. The van der Waals surface area contributed by atoms with Gasteiger partial charge in [-0.25, -0.2) is 9.69 Å². The number of imide groups is 2. The van der Waals surface area contributed by atoms with Crippen molar-refractivity contribution in [2.24, 2.45) is 0 Å². The first-order valence-corrected chi connectivity index (χ1v) is 11.9. The quantitative estimate of drug-likeness (QED) is 0.169. The third kappa shape index (κ3) is 5.79. The monoisotopic (exact) mass is 571 g/mol. The molecule has 0 unspecified atom stereocenters. The van der Waals surface area contributed by atoms with E-state index in [1.165, 1.54) is 68.8 Å². The number of nitrogens with zero attached hydrogens (tertiary/aromatic N) is 2. The summed E-state index contributed by atoms with van der Waals surface area (Å²) in [6.07, 6.45) is 1.23. The smallest absolute Gasteiger partial charge is 0.336 e. The second kappa shape index (κ2) is 11.4. The summed E-state index contributed by atoms with van der Waals surface area (Å²) in [5.74, 6) is -1.40. The van der Waals surface area contributed by atoms with Gasteiger partial charge in [0.2, 0.25) is 0 Å². The Balaban J connectivity index is 1.71. The molecular weight excluding hydrogens is 553 g/mol. The predicted octanol–water partition coefficient (Wildman–Crippen LogP) is 5.16. The third-order valence-electron chi connectivity index (χ3n) is 5.58. The molecule has 4 rings (SSSR count). The lowest BCUT2D eigenvalue weighted by Crippen LogP contribution is -2.54. The van der Waals surface area contributed by atoms with Crippen LogP contribution >= 0.6 is 23.2 Å². The van der Waals surface area contributed by atoms with Crippen molar-refractivity contribution in [1.29, 1.82) is 0 Å². The van der Waals surface area contributed by atoms with Gasteiger partial charge in [0.1, 0.15) is 29.4 Å². The molecule has 1 heterocycles. The van der Waals surface area contributed by atoms with Crippen LogP contribution in [0, 0.1) is 10.1 Å². The van der Waals surface area contributed by atoms with Gasteiger partial charge in [0.15, 0.2) is 0 Å². The highest BCUT2D eigenvalue weighted by Crippen LogP contribution is 2.39. The molecule has 0 bridgehead atoms. The Hall–Kier alpha value is -4.61. The summed E-state index contributed by atoms with van der Waals surface area (Å²) in [4.78, 5) is 50.2. The average Bonchev–Trinajstić information content (AvgIpc) is 2.91. The van der Waals surface area contributed by atoms with Gasteiger partial charge in [0.05, 0.1) is 29.9 Å². The second-order valence-corrected chi connectivity index (χ2v) is 8.86. The van der Waals surface area contributed by atoms with Gasteiger partial charge in [-0.05, 0) is 29.8 Å². The van der Waals surface area contributed by atoms with Crippen LogP contribution in [0.25, 0.3) is 6.08 Å². The number of halogens is 2. The third-order valence-corrected chi connectivity index (χ3v) is 6.11. The number of nitro groups is 1. The summed E-state index contributed by atoms with van der Waals surface area (Å²) < 4.78 is 16.3. The summed E-state index contributed by atoms with van der Waals surface area (Å²) in [6.45, 7) is -0.0496. The van der Waals surface area contributed by atoms with Crippen LogP contribution in [0.15, 0.2) is 60.2 Å². The number of nitro benzene ring substituents is 1. The molecule has 3 aromatic rings. The van der Waals surface area contributed by atoms with Crippen molar-refractivity contribution in [3.05, 3.63) is 91.5 Å². The van der Waals surface area contributed by atoms with Crippen LogP contribution in [0.3, 0.4) is 0 Å². The topological polar surface area (TPSA) is 137 Å². The predicted molar refractivity (Wildman–Crippen MR) is 142 cm³/mol. The SMILES string of the molecule is COc1cc(N2C(=O)NC(=O)/C(=C\c3cc(Cl)ccc3OCc3cccc([N+](=O)[O-])c3)C2=O)c(OC)cc1Cl. The van der Waals surface area contributed by atoms with Gasteiger partial charge in [-0.1, -0.05) is 35.3 Å². The zero-order chi connectivity index (χ0) is 28.3. The number of carbonyl (C=O) groups excluding carboxylic acids is 3. The first kappa shape index (κ1) is 27.4. The molecule has 0 spiro atoms. The van der Waals surface area contributed by atoms with Crippen LogP contribution in [-0.4, -0.2) is 37.0 Å². The van der Waals surface area contributed by atoms with Crippen molar-refractivity contribution >= 4 is 58.5 Å². The number of anilines is 1. The normalized spacial score (nSPS) is 14.3. The number of benzene rings is 3. The van der Waals surface area contributed by atoms with Crippen LogP contribution in [0.1, 0.15) is 11.1 Å². The summed E-state index contributed by atoms with van der Waals surface area (Å²) in [5, 5.41) is 13.7. The molecule has 1 aliphatic rings. The van der Waals surface area contributed by atoms with Crippen molar-refractivity contribution < 1.29 is 33.5 Å². The molecule has 13 heteroatoms. The van der Waals surface area contributed by atoms with Gasteiger partial charge < -0.3 is 14.2 Å². The van der Waals surface area contributed by atoms with Gasteiger partial charge in [-0.2, -0.15) is 0 Å². The van der Waals surface area contributed by atoms with E-state index in [0.29, 0.717) is 5.56 Å². The number of rotatable bonds is 8. The van der Waals surface area contributed by atoms with E-state index in [4.69, 9.17) is 37.4 Å². The Labute approximate surface area is 231 Å². The van der Waals surface area contributed by atoms with Crippen molar-refractivity contribution in [2.45, 2.75) is 6.61 Å². The van der Waals surface area contributed by atoms with Gasteiger partial charge in [-0.3, -0.25) is 25.0 Å². The van der Waals surface area contributed by atoms with Crippen LogP contribution in [0.2, 0.25) is 10.0 Å². The first-order chi connectivity index (χ1) is 18.6. The lowest BCUT2D eigenvalue weighted by Gasteiger charge is -2.28. The molecular formula is C26H19Cl2N3O8. The minimum Gasteiger partial charge on any atom is -0.495 e. The maximum Gasteiger partial charge on any atom is 0.336 e. The number of urea groups is 1. The molecule has 0 aliphatic carbocycles. The summed E-state index contributed by atoms with van der Waals surface area (Å²) in [5.41, 5.74) is 0.269. The molecule has 39 heavy (non-hydrogen) atoms. The number of non-ortho nitro benzene ring substituents is 1. The molecule has 0 aromatic heterocycles. The van der Waals surface area contributed by atoms with Crippen molar-refractivity contribution in [1.82, 2.24) is 5.32 Å². The average molecular weight is 572 g/mol. The van der Waals surface area contributed by atoms with Crippen LogP contribution in [0.5, 0.6) is 17.2 Å². The van der Waals surface area contributed by atoms with Crippen molar-refractivity contribution in [2.75, 3.05) is 19.1 Å². The number of carbonyl (C=O) groups is 3. The Morgan fingerprint density at radius 1 is 0.974 bits per heavy atom. The molecule has 1 aliphatic heterocycles. The lowest BCUT2D eigenvalue weighted by molar-refractivity contribution is -0.384. The number of nitrogens with one attached hydrogen (secondary N) is 1. The molecule has 0 atom stereocenters. The largest absolute Gasteiger partial charge is 0.495 e. The van der Waals surface area contributed by atoms with E-state index >= 15 is 0 Å². The number of methoxy groups -OCH3 is 2. The molecule has 3 aromatic carbocycles. The fourth-order valence-electron chi connectivity index (χ4n) is 3.74. The number of hydrogen-bond donors (Lipinski definition) is 1. The standard InChI is InChI=1S/C26H19Cl2N3O8/c1-37-22-12-20(23(38-2)11-19(22)28)30-25(33)18(24(32)29-26(30)34)10-15-9-16(27)6-7-21(15)39-13-14-4-3-5-17(8-14)31(35)36/h3-12H,13H2,1-2H3,(H,29,32,34)/b18-10+. The number of barbiturate groups is 1. The molecule has 1 saturated heterocycles. The highest BCUT2D eigenvalue weighted by Gasteiger charge is 2.39. The van der Waals surface area contributed by atoms with Gasteiger partial charge in [0, 0.05) is 34.9 Å². The van der Waals surface area contributed by atoms with Crippen molar-refractivity contribution in [3.63, 3.8) is 0 Å². The van der Waals surface area contributed by atoms with E-state index in [1.54, 1.807) is 6.07 Å². The highest BCUT2D eigenvalue weighted by atomic mass is 35.5. The van der Waals surface area contributed by atoms with E-state index in [0.717, 1.165) is 4.90 Å². The molecule has 4 amide bonds. The van der Waals surface area contributed by atoms with E-state index in [-0.39, 0.29) is 50.8 Å². The summed E-state index contributed by atoms with van der Waals surface area (Å²) in [6, 6.07) is 12.1. The Kier molecular flexibility index (Phi) is 8.03. The summed E-state index contributed by atoms with van der Waals surface area (Å²) >= 11 is 12.3. The van der Waals surface area contributed by atoms with Crippen LogP contribution in [-0.2, 0) is 16.2 Å². The fourth-order valence-corrected chi connectivity index (χ4v) is 4.15. The maximum atomic E-state index is 13.5. The Bertz CT molecular complexity index is 1540.